The number of allylic oxidation sites excluding steroid dienone is 1. The van der Waals surface area contributed by atoms with E-state index in [-0.39, 0.29) is 28.2 Å². The maximum atomic E-state index is 12.4. The van der Waals surface area contributed by atoms with E-state index in [9.17, 15) is 9.59 Å². The molecule has 0 bridgehead atoms. The highest BCUT2D eigenvalue weighted by Crippen LogP contribution is 2.30. The highest BCUT2D eigenvalue weighted by atomic mass is 35.5. The first-order chi connectivity index (χ1) is 12.4. The number of H-pyrrole nitrogens is 1. The first-order valence-corrected chi connectivity index (χ1v) is 8.99. The summed E-state index contributed by atoms with van der Waals surface area (Å²) in [5.41, 5.74) is 3.21. The number of carbonyl (C=O) groups excluding carboxylic acids is 1. The van der Waals surface area contributed by atoms with Crippen LogP contribution in [0.15, 0.2) is 30.3 Å². The molecule has 1 atom stereocenters. The van der Waals surface area contributed by atoms with Gasteiger partial charge in [0.2, 0.25) is 0 Å². The highest BCUT2D eigenvalue weighted by molar-refractivity contribution is 6.44. The quantitative estimate of drug-likeness (QED) is 0.705. The van der Waals surface area contributed by atoms with Crippen molar-refractivity contribution < 1.29 is 14.7 Å². The summed E-state index contributed by atoms with van der Waals surface area (Å²) in [4.78, 5) is 26.4. The van der Waals surface area contributed by atoms with Gasteiger partial charge >= 0.3 is 5.97 Å². The van der Waals surface area contributed by atoms with E-state index in [4.69, 9.17) is 28.3 Å². The third-order valence-electron chi connectivity index (χ3n) is 4.51. The fraction of sp³-hybridized carbons (Fsp3) is 0.263. The van der Waals surface area contributed by atoms with Gasteiger partial charge in [0.25, 0.3) is 5.91 Å². The van der Waals surface area contributed by atoms with E-state index in [0.29, 0.717) is 17.1 Å². The number of halogens is 2. The summed E-state index contributed by atoms with van der Waals surface area (Å²) < 4.78 is 0. The highest BCUT2D eigenvalue weighted by Gasteiger charge is 2.22. The molecule has 1 aromatic carbocycles. The minimum Gasteiger partial charge on any atom is -0.478 e. The Morgan fingerprint density at radius 2 is 2.04 bits per heavy atom. The molecular weight excluding hydrogens is 375 g/mol. The van der Waals surface area contributed by atoms with Crippen LogP contribution in [0.25, 0.3) is 5.57 Å². The van der Waals surface area contributed by atoms with Crippen molar-refractivity contribution in [3.63, 3.8) is 0 Å². The molecule has 1 unspecified atom stereocenters. The standard InChI is InChI=1S/C19H18Cl2N2O3/c1-10-15(20)16(21)17(22-10)18(24)23-14-7-5-11(6-8-14)12-3-2-4-13(9-12)19(25)26/h2-5,9,14,22H,6-8H2,1H3,(H,23,24)(H,25,26). The topological polar surface area (TPSA) is 82.2 Å². The van der Waals surface area contributed by atoms with Crippen LogP contribution in [0.1, 0.15) is 51.4 Å². The molecule has 0 saturated carbocycles. The van der Waals surface area contributed by atoms with Gasteiger partial charge in [-0.1, -0.05) is 41.4 Å². The normalized spacial score (nSPS) is 16.9. The summed E-state index contributed by atoms with van der Waals surface area (Å²) in [7, 11) is 0. The molecule has 5 nitrogen and oxygen atoms in total. The summed E-state index contributed by atoms with van der Waals surface area (Å²) in [5.74, 6) is -1.22. The summed E-state index contributed by atoms with van der Waals surface area (Å²) in [5, 5.41) is 12.7. The molecule has 0 radical (unpaired) electrons. The number of carboxylic acids is 1. The van der Waals surface area contributed by atoms with Crippen LogP contribution < -0.4 is 5.32 Å². The number of rotatable bonds is 4. The summed E-state index contributed by atoms with van der Waals surface area (Å²) in [6.45, 7) is 1.76. The van der Waals surface area contributed by atoms with E-state index in [2.05, 4.69) is 10.3 Å². The largest absolute Gasteiger partial charge is 0.478 e. The van der Waals surface area contributed by atoms with Gasteiger partial charge in [0.05, 0.1) is 15.6 Å². The molecule has 0 aliphatic heterocycles. The van der Waals surface area contributed by atoms with Crippen molar-refractivity contribution in [3.8, 4) is 0 Å². The molecule has 1 aliphatic rings. The van der Waals surface area contributed by atoms with E-state index >= 15 is 0 Å². The summed E-state index contributed by atoms with van der Waals surface area (Å²) in [6.07, 6.45) is 4.24. The lowest BCUT2D eigenvalue weighted by atomic mass is 9.90. The molecule has 26 heavy (non-hydrogen) atoms. The molecule has 0 fully saturated rings. The lowest BCUT2D eigenvalue weighted by molar-refractivity contribution is 0.0696. The van der Waals surface area contributed by atoms with E-state index in [1.54, 1.807) is 25.1 Å². The average molecular weight is 393 g/mol. The Labute approximate surface area is 161 Å². The van der Waals surface area contributed by atoms with Gasteiger partial charge in [-0.15, -0.1) is 0 Å². The molecule has 7 heteroatoms. The van der Waals surface area contributed by atoms with Gasteiger partial charge in [-0.05, 0) is 49.5 Å². The fourth-order valence-corrected chi connectivity index (χ4v) is 3.48. The number of aromatic amines is 1. The lowest BCUT2D eigenvalue weighted by Crippen LogP contribution is -2.36. The van der Waals surface area contributed by atoms with E-state index in [1.807, 2.05) is 12.1 Å². The maximum Gasteiger partial charge on any atom is 0.335 e. The summed E-state index contributed by atoms with van der Waals surface area (Å²) in [6, 6.07) is 6.89. The zero-order valence-corrected chi connectivity index (χ0v) is 15.6. The molecule has 3 N–H and O–H groups in total. The number of amides is 1. The monoisotopic (exact) mass is 392 g/mol. The number of hydrogen-bond donors (Lipinski definition) is 3. The number of carbonyl (C=O) groups is 2. The first kappa shape index (κ1) is 18.5. The summed E-state index contributed by atoms with van der Waals surface area (Å²) >= 11 is 12.1. The Bertz CT molecular complexity index is 902. The van der Waals surface area contributed by atoms with Crippen molar-refractivity contribution in [3.05, 3.63) is 62.9 Å². The van der Waals surface area contributed by atoms with Gasteiger partial charge < -0.3 is 15.4 Å². The van der Waals surface area contributed by atoms with E-state index in [0.717, 1.165) is 24.0 Å². The first-order valence-electron chi connectivity index (χ1n) is 8.24. The van der Waals surface area contributed by atoms with Crippen molar-refractivity contribution in [1.29, 1.82) is 0 Å². The molecule has 1 aromatic heterocycles. The van der Waals surface area contributed by atoms with E-state index in [1.165, 1.54) is 0 Å². The Morgan fingerprint density at radius 3 is 2.62 bits per heavy atom. The molecule has 0 saturated heterocycles. The van der Waals surface area contributed by atoms with Crippen molar-refractivity contribution in [2.45, 2.75) is 32.2 Å². The van der Waals surface area contributed by atoms with Crippen molar-refractivity contribution in [2.24, 2.45) is 0 Å². The second-order valence-electron chi connectivity index (χ2n) is 6.31. The van der Waals surface area contributed by atoms with Crippen LogP contribution in [0.5, 0.6) is 0 Å². The minimum absolute atomic E-state index is 0.00708. The fourth-order valence-electron chi connectivity index (χ4n) is 3.07. The van der Waals surface area contributed by atoms with Crippen LogP contribution in [-0.4, -0.2) is 28.0 Å². The van der Waals surface area contributed by atoms with Crippen LogP contribution in [0.3, 0.4) is 0 Å². The Morgan fingerprint density at radius 1 is 1.27 bits per heavy atom. The third kappa shape index (κ3) is 3.79. The molecule has 0 spiro atoms. The van der Waals surface area contributed by atoms with Crippen molar-refractivity contribution in [2.75, 3.05) is 0 Å². The predicted octanol–water partition coefficient (Wildman–Crippen LogP) is 4.69. The second-order valence-corrected chi connectivity index (χ2v) is 7.07. The number of aryl methyl sites for hydroxylation is 1. The number of nitrogens with one attached hydrogen (secondary N) is 2. The Balaban J connectivity index is 1.68. The van der Waals surface area contributed by atoms with Gasteiger partial charge in [-0.25, -0.2) is 4.79 Å². The van der Waals surface area contributed by atoms with Gasteiger partial charge in [0.1, 0.15) is 5.69 Å². The van der Waals surface area contributed by atoms with Crippen LogP contribution >= 0.6 is 23.2 Å². The van der Waals surface area contributed by atoms with Gasteiger partial charge in [-0.2, -0.15) is 0 Å². The van der Waals surface area contributed by atoms with Crippen LogP contribution in [0.2, 0.25) is 10.0 Å². The number of aromatic nitrogens is 1. The molecular formula is C19H18Cl2N2O3. The zero-order chi connectivity index (χ0) is 18.8. The number of benzene rings is 1. The van der Waals surface area contributed by atoms with Crippen molar-refractivity contribution >= 4 is 40.7 Å². The molecule has 1 heterocycles. The Kier molecular flexibility index (Phi) is 5.39. The molecule has 2 aromatic rings. The van der Waals surface area contributed by atoms with Crippen LogP contribution in [0, 0.1) is 6.92 Å². The molecule has 136 valence electrons. The van der Waals surface area contributed by atoms with Gasteiger partial charge in [-0.3, -0.25) is 4.79 Å². The molecule has 3 rings (SSSR count). The lowest BCUT2D eigenvalue weighted by Gasteiger charge is -2.23. The van der Waals surface area contributed by atoms with Gasteiger partial charge in [0.15, 0.2) is 0 Å². The zero-order valence-electron chi connectivity index (χ0n) is 14.1. The van der Waals surface area contributed by atoms with Gasteiger partial charge in [0, 0.05) is 11.7 Å². The van der Waals surface area contributed by atoms with Crippen LogP contribution in [0.4, 0.5) is 0 Å². The SMILES string of the molecule is Cc1[nH]c(C(=O)NC2CC=C(c3cccc(C(=O)O)c3)CC2)c(Cl)c1Cl. The number of aromatic carboxylic acids is 1. The van der Waals surface area contributed by atoms with Crippen LogP contribution in [-0.2, 0) is 0 Å². The average Bonchev–Trinajstić information content (AvgIpc) is 2.90. The minimum atomic E-state index is -0.940. The smallest absolute Gasteiger partial charge is 0.335 e. The van der Waals surface area contributed by atoms with Crippen molar-refractivity contribution in [1.82, 2.24) is 10.3 Å². The Hall–Kier alpha value is -2.24. The molecule has 1 aliphatic carbocycles. The molecule has 1 amide bonds. The van der Waals surface area contributed by atoms with E-state index < -0.39 is 5.97 Å². The second kappa shape index (κ2) is 7.56. The predicted molar refractivity (Wildman–Crippen MR) is 102 cm³/mol. The number of hydrogen-bond acceptors (Lipinski definition) is 2. The maximum absolute atomic E-state index is 12.4. The number of carboxylic acid groups (broad SMARTS) is 1. The third-order valence-corrected chi connectivity index (χ3v) is 5.45.